The summed E-state index contributed by atoms with van der Waals surface area (Å²) >= 11 is 6.01. The highest BCUT2D eigenvalue weighted by molar-refractivity contribution is 6.31. The van der Waals surface area contributed by atoms with Crippen molar-refractivity contribution in [2.45, 2.75) is 18.9 Å². The van der Waals surface area contributed by atoms with Gasteiger partial charge >= 0.3 is 0 Å². The number of anilines is 1. The summed E-state index contributed by atoms with van der Waals surface area (Å²) in [6.45, 7) is 1.57. The molecule has 0 bridgehead atoms. The number of piperidine rings is 1. The summed E-state index contributed by atoms with van der Waals surface area (Å²) in [5.41, 5.74) is 2.10. The van der Waals surface area contributed by atoms with Crippen LogP contribution in [0.1, 0.15) is 23.3 Å². The lowest BCUT2D eigenvalue weighted by molar-refractivity contribution is 0.0699. The van der Waals surface area contributed by atoms with Crippen molar-refractivity contribution in [3.05, 3.63) is 41.4 Å². The van der Waals surface area contributed by atoms with Gasteiger partial charge in [-0.1, -0.05) is 11.6 Å². The fraction of sp³-hybridized carbons (Fsp3) is 0.389. The molecule has 0 aliphatic carbocycles. The van der Waals surface area contributed by atoms with Gasteiger partial charge in [-0.25, -0.2) is 4.98 Å². The zero-order chi connectivity index (χ0) is 18.3. The smallest absolute Gasteiger partial charge is 0.298 e. The Morgan fingerprint density at radius 1 is 1.35 bits per heavy atom. The van der Waals surface area contributed by atoms with Gasteiger partial charge in [0.25, 0.3) is 11.9 Å². The predicted octanol–water partition coefficient (Wildman–Crippen LogP) is 2.96. The summed E-state index contributed by atoms with van der Waals surface area (Å²) in [4.78, 5) is 25.1. The van der Waals surface area contributed by atoms with E-state index < -0.39 is 0 Å². The second-order valence-electron chi connectivity index (χ2n) is 6.63. The second kappa shape index (κ2) is 6.64. The van der Waals surface area contributed by atoms with Crippen molar-refractivity contribution in [2.24, 2.45) is 7.05 Å². The highest BCUT2D eigenvalue weighted by atomic mass is 35.5. The second-order valence-corrected chi connectivity index (χ2v) is 7.07. The molecule has 1 fully saturated rings. The van der Waals surface area contributed by atoms with Gasteiger partial charge in [-0.2, -0.15) is 4.98 Å². The van der Waals surface area contributed by atoms with Crippen molar-refractivity contribution in [1.82, 2.24) is 19.4 Å². The molecule has 136 valence electrons. The molecule has 0 saturated carbocycles. The molecule has 1 aliphatic rings. The average molecular weight is 374 g/mol. The molecule has 0 spiro atoms. The van der Waals surface area contributed by atoms with E-state index in [2.05, 4.69) is 14.9 Å². The monoisotopic (exact) mass is 373 g/mol. The lowest BCUT2D eigenvalue weighted by Gasteiger charge is -2.36. The number of imidazole rings is 1. The Morgan fingerprint density at radius 2 is 2.12 bits per heavy atom. The first kappa shape index (κ1) is 16.9. The molecular weight excluding hydrogens is 354 g/mol. The number of carbonyl (C=O) groups is 1. The number of fused-ring (bicyclic) bond motifs is 1. The molecule has 0 atom stereocenters. The lowest BCUT2D eigenvalue weighted by Crippen LogP contribution is -2.46. The van der Waals surface area contributed by atoms with Crippen LogP contribution in [0.3, 0.4) is 0 Å². The Hall–Kier alpha value is -2.54. The third-order valence-electron chi connectivity index (χ3n) is 4.98. The predicted molar refractivity (Wildman–Crippen MR) is 99.6 cm³/mol. The summed E-state index contributed by atoms with van der Waals surface area (Å²) in [6.07, 6.45) is 4.97. The van der Waals surface area contributed by atoms with Crippen LogP contribution in [0.4, 0.5) is 6.01 Å². The third kappa shape index (κ3) is 3.03. The number of aromatic nitrogens is 3. The van der Waals surface area contributed by atoms with Gasteiger partial charge in [0, 0.05) is 44.3 Å². The zero-order valence-corrected chi connectivity index (χ0v) is 15.5. The minimum Gasteiger partial charge on any atom is -0.423 e. The van der Waals surface area contributed by atoms with Crippen LogP contribution in [0.15, 0.2) is 35.1 Å². The number of benzene rings is 1. The van der Waals surface area contributed by atoms with E-state index in [0.717, 1.165) is 31.4 Å². The van der Waals surface area contributed by atoms with Crippen molar-refractivity contribution in [2.75, 3.05) is 25.0 Å². The van der Waals surface area contributed by atoms with E-state index in [9.17, 15) is 4.79 Å². The number of rotatable bonds is 3. The fourth-order valence-corrected chi connectivity index (χ4v) is 3.54. The van der Waals surface area contributed by atoms with Crippen LogP contribution in [-0.4, -0.2) is 51.5 Å². The number of hydrogen-bond acceptors (Lipinski definition) is 5. The van der Waals surface area contributed by atoms with E-state index in [1.807, 2.05) is 25.1 Å². The minimum absolute atomic E-state index is 0.0000426. The third-order valence-corrected chi connectivity index (χ3v) is 5.21. The molecular formula is C18H20ClN5O2. The molecule has 2 aromatic heterocycles. The van der Waals surface area contributed by atoms with Gasteiger partial charge in [-0.05, 0) is 25.0 Å². The Kier molecular flexibility index (Phi) is 4.32. The van der Waals surface area contributed by atoms with Crippen LogP contribution in [0.2, 0.25) is 5.02 Å². The van der Waals surface area contributed by atoms with Gasteiger partial charge in [-0.3, -0.25) is 4.79 Å². The molecule has 3 aromatic rings. The van der Waals surface area contributed by atoms with Crippen molar-refractivity contribution in [3.63, 3.8) is 0 Å². The van der Waals surface area contributed by atoms with Crippen molar-refractivity contribution >= 4 is 34.6 Å². The standard InChI is InChI=1S/C18H20ClN5O2/c1-22-11-20-10-15(22)17(25)23(2)13-5-7-24(8-6-13)18-21-14-4-3-12(19)9-16(14)26-18/h3-4,9-11,13H,5-8H2,1-2H3. The van der Waals surface area contributed by atoms with Gasteiger partial charge in [0.1, 0.15) is 11.2 Å². The molecule has 0 unspecified atom stereocenters. The van der Waals surface area contributed by atoms with Gasteiger partial charge in [0.15, 0.2) is 5.58 Å². The van der Waals surface area contributed by atoms with E-state index in [1.165, 1.54) is 0 Å². The minimum atomic E-state index is -0.0000426. The van der Waals surface area contributed by atoms with E-state index in [0.29, 0.717) is 22.3 Å². The fourth-order valence-electron chi connectivity index (χ4n) is 3.38. The van der Waals surface area contributed by atoms with Crippen LogP contribution in [0.5, 0.6) is 0 Å². The maximum atomic E-state index is 12.6. The van der Waals surface area contributed by atoms with E-state index >= 15 is 0 Å². The maximum absolute atomic E-state index is 12.6. The number of nitrogens with zero attached hydrogens (tertiary/aromatic N) is 5. The summed E-state index contributed by atoms with van der Waals surface area (Å²) in [5.74, 6) is -0.0000426. The SMILES string of the molecule is CN(C(=O)c1cncn1C)C1CCN(c2nc3ccc(Cl)cc3o2)CC1. The normalized spacial score (nSPS) is 15.6. The first-order valence-corrected chi connectivity index (χ1v) is 8.95. The Morgan fingerprint density at radius 3 is 2.81 bits per heavy atom. The number of aryl methyl sites for hydroxylation is 1. The summed E-state index contributed by atoms with van der Waals surface area (Å²) in [6, 6.07) is 6.24. The highest BCUT2D eigenvalue weighted by Gasteiger charge is 2.28. The first-order valence-electron chi connectivity index (χ1n) is 8.57. The Balaban J connectivity index is 1.43. The molecule has 8 heteroatoms. The number of oxazole rings is 1. The zero-order valence-electron chi connectivity index (χ0n) is 14.7. The lowest BCUT2D eigenvalue weighted by atomic mass is 10.0. The number of halogens is 1. The molecule has 0 radical (unpaired) electrons. The Labute approximate surface area is 156 Å². The molecule has 4 rings (SSSR count). The van der Waals surface area contributed by atoms with Crippen LogP contribution >= 0.6 is 11.6 Å². The van der Waals surface area contributed by atoms with Crippen LogP contribution in [-0.2, 0) is 7.05 Å². The molecule has 3 heterocycles. The Bertz CT molecular complexity index is 942. The largest absolute Gasteiger partial charge is 0.423 e. The van der Waals surface area contributed by atoms with Crippen molar-refractivity contribution in [3.8, 4) is 0 Å². The molecule has 1 amide bonds. The molecule has 1 aliphatic heterocycles. The highest BCUT2D eigenvalue weighted by Crippen LogP contribution is 2.27. The van der Waals surface area contributed by atoms with Gasteiger partial charge in [0.05, 0.1) is 12.5 Å². The van der Waals surface area contributed by atoms with Crippen LogP contribution < -0.4 is 4.90 Å². The van der Waals surface area contributed by atoms with Gasteiger partial charge in [-0.15, -0.1) is 0 Å². The molecule has 26 heavy (non-hydrogen) atoms. The number of carbonyl (C=O) groups excluding carboxylic acids is 1. The maximum Gasteiger partial charge on any atom is 0.298 e. The van der Waals surface area contributed by atoms with Crippen molar-refractivity contribution in [1.29, 1.82) is 0 Å². The van der Waals surface area contributed by atoms with Gasteiger partial charge in [0.2, 0.25) is 0 Å². The molecule has 0 N–H and O–H groups in total. The van der Waals surface area contributed by atoms with Crippen molar-refractivity contribution < 1.29 is 9.21 Å². The van der Waals surface area contributed by atoms with Crippen LogP contribution in [0, 0.1) is 0 Å². The number of amides is 1. The van der Waals surface area contributed by atoms with Gasteiger partial charge < -0.3 is 18.8 Å². The quantitative estimate of drug-likeness (QED) is 0.706. The molecule has 1 aromatic carbocycles. The topological polar surface area (TPSA) is 67.4 Å². The average Bonchev–Trinajstić information content (AvgIpc) is 3.26. The first-order chi connectivity index (χ1) is 12.5. The van der Waals surface area contributed by atoms with E-state index in [1.54, 1.807) is 29.2 Å². The summed E-state index contributed by atoms with van der Waals surface area (Å²) < 4.78 is 7.59. The summed E-state index contributed by atoms with van der Waals surface area (Å²) in [7, 11) is 3.69. The molecule has 1 saturated heterocycles. The van der Waals surface area contributed by atoms with E-state index in [-0.39, 0.29) is 11.9 Å². The van der Waals surface area contributed by atoms with E-state index in [4.69, 9.17) is 16.0 Å². The van der Waals surface area contributed by atoms with Crippen LogP contribution in [0.25, 0.3) is 11.1 Å². The summed E-state index contributed by atoms with van der Waals surface area (Å²) in [5, 5.41) is 0.634. The molecule has 7 nitrogen and oxygen atoms in total. The number of hydrogen-bond donors (Lipinski definition) is 0.